The molecular weight excluding hydrogens is 448 g/mol. The van der Waals surface area contributed by atoms with Gasteiger partial charge >= 0.3 is 0 Å². The second-order valence-electron chi connectivity index (χ2n) is 7.70. The van der Waals surface area contributed by atoms with Crippen LogP contribution in [0.2, 0.25) is 0 Å². The molecule has 7 nitrogen and oxygen atoms in total. The van der Waals surface area contributed by atoms with Crippen LogP contribution >= 0.6 is 15.9 Å². The number of ketones is 1. The van der Waals surface area contributed by atoms with Crippen molar-refractivity contribution in [3.8, 4) is 11.4 Å². The predicted octanol–water partition coefficient (Wildman–Crippen LogP) is 3.89. The Labute approximate surface area is 181 Å². The average Bonchev–Trinajstić information content (AvgIpc) is 3.13. The van der Waals surface area contributed by atoms with Gasteiger partial charge in [-0.3, -0.25) is 9.59 Å². The molecule has 0 unspecified atom stereocenters. The third kappa shape index (κ3) is 3.54. The van der Waals surface area contributed by atoms with Gasteiger partial charge in [0, 0.05) is 16.3 Å². The zero-order valence-corrected chi connectivity index (χ0v) is 18.0. The molecule has 2 aromatic carbocycles. The van der Waals surface area contributed by atoms with Gasteiger partial charge in [0.25, 0.3) is 5.91 Å². The number of hydrogen-bond donors (Lipinski definition) is 2. The number of nitrogens with zero attached hydrogens (tertiary/aromatic N) is 3. The first-order chi connectivity index (χ1) is 14.3. The summed E-state index contributed by atoms with van der Waals surface area (Å²) < 4.78 is 2.41. The second kappa shape index (κ2) is 7.53. The van der Waals surface area contributed by atoms with E-state index in [4.69, 9.17) is 0 Å². The van der Waals surface area contributed by atoms with Crippen LogP contribution < -0.4 is 5.43 Å². The number of amides is 1. The molecule has 0 atom stereocenters. The third-order valence-corrected chi connectivity index (χ3v) is 5.55. The van der Waals surface area contributed by atoms with Gasteiger partial charge in [-0.1, -0.05) is 48.0 Å². The van der Waals surface area contributed by atoms with Gasteiger partial charge < -0.3 is 5.11 Å². The number of hydrazone groups is 1. The summed E-state index contributed by atoms with van der Waals surface area (Å²) in [7, 11) is 0. The minimum Gasteiger partial charge on any atom is -0.507 e. The summed E-state index contributed by atoms with van der Waals surface area (Å²) in [5.74, 6) is -1.05. The Hall–Kier alpha value is -3.26. The molecule has 0 saturated carbocycles. The van der Waals surface area contributed by atoms with Gasteiger partial charge in [-0.25, -0.2) is 10.1 Å². The van der Waals surface area contributed by atoms with Crippen LogP contribution in [0.15, 0.2) is 64.3 Å². The van der Waals surface area contributed by atoms with E-state index in [9.17, 15) is 14.7 Å². The van der Waals surface area contributed by atoms with Crippen LogP contribution in [-0.2, 0) is 6.42 Å². The summed E-state index contributed by atoms with van der Waals surface area (Å²) in [5, 5.41) is 18.5. The fourth-order valence-corrected chi connectivity index (χ4v) is 3.88. The number of para-hydroxylation sites is 1. The van der Waals surface area contributed by atoms with Gasteiger partial charge in [-0.15, -0.1) is 0 Å². The summed E-state index contributed by atoms with van der Waals surface area (Å²) in [6.45, 7) is 3.80. The van der Waals surface area contributed by atoms with Crippen molar-refractivity contribution < 1.29 is 14.7 Å². The maximum Gasteiger partial charge on any atom is 0.275 e. The van der Waals surface area contributed by atoms with Crippen molar-refractivity contribution in [1.29, 1.82) is 0 Å². The van der Waals surface area contributed by atoms with Crippen molar-refractivity contribution in [3.63, 3.8) is 0 Å². The van der Waals surface area contributed by atoms with Crippen LogP contribution in [0.4, 0.5) is 0 Å². The highest BCUT2D eigenvalue weighted by Gasteiger charge is 2.40. The molecule has 1 aromatic heterocycles. The van der Waals surface area contributed by atoms with E-state index in [2.05, 4.69) is 31.6 Å². The molecule has 1 heterocycles. The number of fused-ring (bicyclic) bond motifs is 1. The number of rotatable bonds is 3. The lowest BCUT2D eigenvalue weighted by molar-refractivity contribution is 0.0951. The summed E-state index contributed by atoms with van der Waals surface area (Å²) in [5.41, 5.74) is 4.25. The lowest BCUT2D eigenvalue weighted by Gasteiger charge is -2.30. The zero-order valence-electron chi connectivity index (χ0n) is 16.4. The Balaban J connectivity index is 1.66. The first-order valence-electron chi connectivity index (χ1n) is 9.32. The average molecular weight is 467 g/mol. The highest BCUT2D eigenvalue weighted by Crippen LogP contribution is 2.34. The first kappa shape index (κ1) is 20.0. The van der Waals surface area contributed by atoms with Crippen LogP contribution in [0.3, 0.4) is 0 Å². The number of aromatic nitrogens is 2. The molecular formula is C22H19BrN4O3. The molecule has 4 rings (SSSR count). The maximum absolute atomic E-state index is 13.2. The number of phenols is 1. The Morgan fingerprint density at radius 2 is 1.97 bits per heavy atom. The van der Waals surface area contributed by atoms with Gasteiger partial charge in [0.2, 0.25) is 5.78 Å². The second-order valence-corrected chi connectivity index (χ2v) is 8.62. The standard InChI is InChI=1S/C22H19BrN4O3/c1-22(2)11-17-16(12-24-27(17)14-6-4-3-5-7-14)19(29)20(22)25-26-21(30)15-10-13(23)8-9-18(15)28/h3-10,12,28H,11H2,1-2H3,(H,26,30). The topological polar surface area (TPSA) is 96.6 Å². The summed E-state index contributed by atoms with van der Waals surface area (Å²) in [6, 6.07) is 14.1. The van der Waals surface area contributed by atoms with Crippen molar-refractivity contribution in [2.75, 3.05) is 0 Å². The van der Waals surface area contributed by atoms with Crippen molar-refractivity contribution in [3.05, 3.63) is 76.0 Å². The molecule has 2 N–H and O–H groups in total. The molecule has 1 amide bonds. The van der Waals surface area contributed by atoms with E-state index in [1.54, 1.807) is 10.7 Å². The summed E-state index contributed by atoms with van der Waals surface area (Å²) in [4.78, 5) is 25.6. The SMILES string of the molecule is CC1(C)Cc2c(cnn2-c2ccccc2)C(=O)C1=NNC(=O)c1cc(Br)ccc1O. The van der Waals surface area contributed by atoms with Crippen LogP contribution in [0.1, 0.15) is 40.3 Å². The Morgan fingerprint density at radius 3 is 2.70 bits per heavy atom. The van der Waals surface area contributed by atoms with Crippen molar-refractivity contribution in [2.24, 2.45) is 10.5 Å². The Morgan fingerprint density at radius 1 is 1.23 bits per heavy atom. The van der Waals surface area contributed by atoms with Gasteiger partial charge in [-0.05, 0) is 30.3 Å². The zero-order chi connectivity index (χ0) is 21.5. The molecule has 0 bridgehead atoms. The number of carbonyl (C=O) groups is 2. The van der Waals surface area contributed by atoms with E-state index in [1.165, 1.54) is 18.3 Å². The smallest absolute Gasteiger partial charge is 0.275 e. The van der Waals surface area contributed by atoms with Gasteiger partial charge in [0.1, 0.15) is 11.5 Å². The van der Waals surface area contributed by atoms with Crippen LogP contribution in [0.25, 0.3) is 5.69 Å². The highest BCUT2D eigenvalue weighted by atomic mass is 79.9. The fraction of sp³-hybridized carbons (Fsp3) is 0.182. The van der Waals surface area contributed by atoms with E-state index in [-0.39, 0.29) is 22.8 Å². The number of aromatic hydroxyl groups is 1. The first-order valence-corrected chi connectivity index (χ1v) is 10.1. The molecule has 0 saturated heterocycles. The Bertz CT molecular complexity index is 1180. The molecule has 1 aliphatic carbocycles. The summed E-state index contributed by atoms with van der Waals surface area (Å²) in [6.07, 6.45) is 2.07. The normalized spacial score (nSPS) is 16.4. The minimum absolute atomic E-state index is 0.0624. The number of halogens is 1. The van der Waals surface area contributed by atoms with E-state index < -0.39 is 11.3 Å². The van der Waals surface area contributed by atoms with Gasteiger partial charge in [-0.2, -0.15) is 10.2 Å². The van der Waals surface area contributed by atoms with E-state index in [0.29, 0.717) is 16.5 Å². The fourth-order valence-electron chi connectivity index (χ4n) is 3.52. The van der Waals surface area contributed by atoms with Crippen LogP contribution in [-0.4, -0.2) is 32.3 Å². The molecule has 3 aromatic rings. The number of hydrogen-bond acceptors (Lipinski definition) is 5. The molecule has 30 heavy (non-hydrogen) atoms. The monoisotopic (exact) mass is 466 g/mol. The molecule has 0 radical (unpaired) electrons. The molecule has 0 aliphatic heterocycles. The maximum atomic E-state index is 13.2. The van der Waals surface area contributed by atoms with Gasteiger partial charge in [0.05, 0.1) is 28.7 Å². The predicted molar refractivity (Wildman–Crippen MR) is 116 cm³/mol. The number of Topliss-reactive ketones (excluding diaryl/α,β-unsaturated/α-hetero) is 1. The van der Waals surface area contributed by atoms with E-state index in [0.717, 1.165) is 11.4 Å². The molecule has 8 heteroatoms. The van der Waals surface area contributed by atoms with Crippen molar-refractivity contribution in [2.45, 2.75) is 20.3 Å². The highest BCUT2D eigenvalue weighted by molar-refractivity contribution is 9.10. The van der Waals surface area contributed by atoms with E-state index >= 15 is 0 Å². The quantitative estimate of drug-likeness (QED) is 0.572. The van der Waals surface area contributed by atoms with Gasteiger partial charge in [0.15, 0.2) is 0 Å². The van der Waals surface area contributed by atoms with Crippen LogP contribution in [0, 0.1) is 5.41 Å². The van der Waals surface area contributed by atoms with Crippen molar-refractivity contribution >= 4 is 33.3 Å². The minimum atomic E-state index is -0.622. The number of nitrogens with one attached hydrogen (secondary N) is 1. The molecule has 0 fully saturated rings. The van der Waals surface area contributed by atoms with Crippen LogP contribution in [0.5, 0.6) is 5.75 Å². The lowest BCUT2D eigenvalue weighted by atomic mass is 9.74. The largest absolute Gasteiger partial charge is 0.507 e. The molecule has 1 aliphatic rings. The number of carbonyl (C=O) groups excluding carboxylic acids is 2. The third-order valence-electron chi connectivity index (χ3n) is 5.05. The summed E-state index contributed by atoms with van der Waals surface area (Å²) >= 11 is 3.27. The Kier molecular flexibility index (Phi) is 5.03. The number of phenolic OH excluding ortho intramolecular Hbond substituents is 1. The molecule has 0 spiro atoms. The lowest BCUT2D eigenvalue weighted by Crippen LogP contribution is -2.40. The number of benzene rings is 2. The molecule has 152 valence electrons. The van der Waals surface area contributed by atoms with Crippen molar-refractivity contribution in [1.82, 2.24) is 15.2 Å². The van der Waals surface area contributed by atoms with E-state index in [1.807, 2.05) is 44.2 Å².